The summed E-state index contributed by atoms with van der Waals surface area (Å²) in [4.78, 5) is 1.84. The Morgan fingerprint density at radius 3 is 2.39 bits per heavy atom. The summed E-state index contributed by atoms with van der Waals surface area (Å²) in [6, 6.07) is 9.79. The molecular weight excluding hydrogens is 232 g/mol. The normalized spacial score (nSPS) is 23.1. The lowest BCUT2D eigenvalue weighted by atomic mass is 9.94. The monoisotopic (exact) mass is 255 g/mol. The summed E-state index contributed by atoms with van der Waals surface area (Å²) in [5.41, 5.74) is 1.10. The van der Waals surface area contributed by atoms with E-state index in [1.54, 1.807) is 6.92 Å². The second-order valence-electron chi connectivity index (χ2n) is 4.65. The van der Waals surface area contributed by atoms with Crippen molar-refractivity contribution in [2.24, 2.45) is 5.92 Å². The van der Waals surface area contributed by atoms with Crippen molar-refractivity contribution in [1.29, 1.82) is 0 Å². The first kappa shape index (κ1) is 15.1. The van der Waals surface area contributed by atoms with Crippen LogP contribution in [0.25, 0.3) is 0 Å². The molecule has 2 rings (SSSR count). The molecule has 0 bridgehead atoms. The summed E-state index contributed by atoms with van der Waals surface area (Å²) >= 11 is 0. The lowest BCUT2D eigenvalue weighted by Gasteiger charge is -2.36. The smallest absolute Gasteiger partial charge is 0.263 e. The maximum Gasteiger partial charge on any atom is 0.263 e. The number of alkyl halides is 2. The van der Waals surface area contributed by atoms with Crippen molar-refractivity contribution < 1.29 is 8.78 Å². The minimum absolute atomic E-state index is 0.108. The van der Waals surface area contributed by atoms with Gasteiger partial charge in [-0.3, -0.25) is 4.90 Å². The first-order valence-electron chi connectivity index (χ1n) is 6.72. The number of nitrogens with zero attached hydrogens (tertiary/aromatic N) is 1. The molecule has 0 spiro atoms. The van der Waals surface area contributed by atoms with Crippen LogP contribution < -0.4 is 0 Å². The summed E-state index contributed by atoms with van der Waals surface area (Å²) in [5.74, 6) is -3.02. The number of piperidine rings is 1. The Morgan fingerprint density at radius 2 is 1.83 bits per heavy atom. The minimum atomic E-state index is -2.53. The Bertz CT molecular complexity index is 338. The molecule has 1 nitrogen and oxygen atoms in total. The Morgan fingerprint density at radius 1 is 1.22 bits per heavy atom. The van der Waals surface area contributed by atoms with Crippen LogP contribution in [-0.2, 0) is 6.54 Å². The molecule has 1 saturated heterocycles. The van der Waals surface area contributed by atoms with E-state index in [4.69, 9.17) is 0 Å². The molecule has 18 heavy (non-hydrogen) atoms. The second-order valence-corrected chi connectivity index (χ2v) is 4.65. The van der Waals surface area contributed by atoms with Gasteiger partial charge in [0.25, 0.3) is 5.92 Å². The molecule has 102 valence electrons. The van der Waals surface area contributed by atoms with Crippen molar-refractivity contribution in [2.45, 2.75) is 39.7 Å². The van der Waals surface area contributed by atoms with Gasteiger partial charge < -0.3 is 0 Å². The van der Waals surface area contributed by atoms with E-state index in [1.807, 2.05) is 49.1 Å². The molecule has 1 atom stereocenters. The average molecular weight is 255 g/mol. The highest BCUT2D eigenvalue weighted by Gasteiger charge is 2.41. The van der Waals surface area contributed by atoms with Gasteiger partial charge in [-0.05, 0) is 18.5 Å². The van der Waals surface area contributed by atoms with Crippen LogP contribution in [-0.4, -0.2) is 23.9 Å². The lowest BCUT2D eigenvalue weighted by molar-refractivity contribution is -0.106. The van der Waals surface area contributed by atoms with Crippen molar-refractivity contribution in [3.8, 4) is 0 Å². The average Bonchev–Trinajstić information content (AvgIpc) is 2.37. The molecule has 1 aliphatic heterocycles. The Hall–Kier alpha value is -0.960. The third-order valence-corrected chi connectivity index (χ3v) is 3.28. The Kier molecular flexibility index (Phi) is 5.73. The fourth-order valence-corrected chi connectivity index (χ4v) is 2.10. The van der Waals surface area contributed by atoms with Crippen LogP contribution in [0.15, 0.2) is 30.3 Å². The van der Waals surface area contributed by atoms with Gasteiger partial charge in [-0.15, -0.1) is 0 Å². The van der Waals surface area contributed by atoms with Gasteiger partial charge in [-0.2, -0.15) is 0 Å². The van der Waals surface area contributed by atoms with Crippen molar-refractivity contribution in [2.75, 3.05) is 13.1 Å². The van der Waals surface area contributed by atoms with Crippen LogP contribution in [0.5, 0.6) is 0 Å². The van der Waals surface area contributed by atoms with Gasteiger partial charge in [0, 0.05) is 12.5 Å². The highest BCUT2D eigenvalue weighted by molar-refractivity contribution is 5.14. The number of hydrogen-bond donors (Lipinski definition) is 0. The van der Waals surface area contributed by atoms with Crippen LogP contribution in [0.4, 0.5) is 8.78 Å². The van der Waals surface area contributed by atoms with E-state index in [-0.39, 0.29) is 6.54 Å². The van der Waals surface area contributed by atoms with E-state index in [2.05, 4.69) is 0 Å². The van der Waals surface area contributed by atoms with Gasteiger partial charge in [-0.25, -0.2) is 8.78 Å². The zero-order chi connectivity index (χ0) is 13.6. The molecule has 1 heterocycles. The molecule has 0 aromatic heterocycles. The van der Waals surface area contributed by atoms with E-state index >= 15 is 0 Å². The Balaban J connectivity index is 0.000000771. The maximum atomic E-state index is 13.5. The van der Waals surface area contributed by atoms with Gasteiger partial charge in [-0.1, -0.05) is 51.1 Å². The van der Waals surface area contributed by atoms with Crippen molar-refractivity contribution in [1.82, 2.24) is 4.90 Å². The van der Waals surface area contributed by atoms with E-state index in [0.29, 0.717) is 13.0 Å². The fourth-order valence-electron chi connectivity index (χ4n) is 2.10. The van der Waals surface area contributed by atoms with Gasteiger partial charge in [0.15, 0.2) is 0 Å². The molecule has 3 heteroatoms. The summed E-state index contributed by atoms with van der Waals surface area (Å²) in [7, 11) is 0. The van der Waals surface area contributed by atoms with Crippen molar-refractivity contribution >= 4 is 0 Å². The number of halogens is 2. The SMILES string of the molecule is CC.CC1CCN(Cc2ccccc2)CC1(F)F. The van der Waals surface area contributed by atoms with Crippen molar-refractivity contribution in [3.63, 3.8) is 0 Å². The molecule has 0 saturated carbocycles. The summed E-state index contributed by atoms with van der Waals surface area (Å²) < 4.78 is 27.0. The topological polar surface area (TPSA) is 3.24 Å². The van der Waals surface area contributed by atoms with Crippen LogP contribution in [0.2, 0.25) is 0 Å². The van der Waals surface area contributed by atoms with Gasteiger partial charge >= 0.3 is 0 Å². The predicted octanol–water partition coefficient (Wildman–Crippen LogP) is 4.19. The zero-order valence-corrected chi connectivity index (χ0v) is 11.5. The molecular formula is C15H23F2N. The van der Waals surface area contributed by atoms with Crippen LogP contribution in [0, 0.1) is 5.92 Å². The zero-order valence-electron chi connectivity index (χ0n) is 11.5. The number of likely N-dealkylation sites (tertiary alicyclic amines) is 1. The molecule has 0 aliphatic carbocycles. The molecule has 0 radical (unpaired) electrons. The second kappa shape index (κ2) is 6.83. The third kappa shape index (κ3) is 4.05. The summed E-state index contributed by atoms with van der Waals surface area (Å²) in [6.45, 7) is 6.93. The molecule has 0 amide bonds. The lowest BCUT2D eigenvalue weighted by Crippen LogP contribution is -2.47. The van der Waals surface area contributed by atoms with E-state index in [9.17, 15) is 8.78 Å². The van der Waals surface area contributed by atoms with Gasteiger partial charge in [0.05, 0.1) is 6.54 Å². The maximum absolute atomic E-state index is 13.5. The van der Waals surface area contributed by atoms with E-state index in [1.165, 1.54) is 0 Å². The van der Waals surface area contributed by atoms with Crippen LogP contribution >= 0.6 is 0 Å². The largest absolute Gasteiger partial charge is 0.293 e. The first-order valence-corrected chi connectivity index (χ1v) is 6.72. The molecule has 1 aromatic rings. The summed E-state index contributed by atoms with van der Waals surface area (Å²) in [5, 5.41) is 0. The van der Waals surface area contributed by atoms with Crippen molar-refractivity contribution in [3.05, 3.63) is 35.9 Å². The molecule has 1 aliphatic rings. The number of hydrogen-bond acceptors (Lipinski definition) is 1. The predicted molar refractivity (Wildman–Crippen MR) is 71.8 cm³/mol. The molecule has 1 fully saturated rings. The number of benzene rings is 1. The highest BCUT2D eigenvalue weighted by atomic mass is 19.3. The van der Waals surface area contributed by atoms with Gasteiger partial charge in [0.1, 0.15) is 0 Å². The quantitative estimate of drug-likeness (QED) is 0.766. The summed E-state index contributed by atoms with van der Waals surface area (Å²) in [6.07, 6.45) is 0.583. The standard InChI is InChI=1S/C13H17F2N.C2H6/c1-11-7-8-16(10-13(11,14)15)9-12-5-3-2-4-6-12;1-2/h2-6,11H,7-10H2,1H3;1-2H3. The molecule has 1 unspecified atom stereocenters. The molecule has 1 aromatic carbocycles. The highest BCUT2D eigenvalue weighted by Crippen LogP contribution is 2.32. The third-order valence-electron chi connectivity index (χ3n) is 3.28. The number of rotatable bonds is 2. The fraction of sp³-hybridized carbons (Fsp3) is 0.600. The van der Waals surface area contributed by atoms with Crippen LogP contribution in [0.3, 0.4) is 0 Å². The molecule has 0 N–H and O–H groups in total. The first-order chi connectivity index (χ1) is 8.58. The Labute approximate surface area is 109 Å². The van der Waals surface area contributed by atoms with Gasteiger partial charge in [0.2, 0.25) is 0 Å². The van der Waals surface area contributed by atoms with E-state index in [0.717, 1.165) is 12.1 Å². The van der Waals surface area contributed by atoms with E-state index < -0.39 is 11.8 Å². The van der Waals surface area contributed by atoms with Crippen LogP contribution in [0.1, 0.15) is 32.8 Å². The minimum Gasteiger partial charge on any atom is -0.293 e.